The molecule has 1 nitrogen and oxygen atoms in total. The van der Waals surface area contributed by atoms with E-state index in [1.807, 2.05) is 0 Å². The second kappa shape index (κ2) is 14.6. The number of hydrogen-bond acceptors (Lipinski definition) is 1. The fourth-order valence-electron chi connectivity index (χ4n) is 10.4. The molecule has 10 aromatic rings. The number of rotatable bonds is 7. The Hall–Kier alpha value is -8.00. The van der Waals surface area contributed by atoms with Gasteiger partial charge in [-0.15, -0.1) is 0 Å². The van der Waals surface area contributed by atoms with E-state index in [1.165, 1.54) is 89.0 Å². The number of nitrogens with zero attached hydrogens (tertiary/aromatic N) is 1. The van der Waals surface area contributed by atoms with Crippen LogP contribution in [-0.2, 0) is 5.41 Å². The van der Waals surface area contributed by atoms with Gasteiger partial charge >= 0.3 is 0 Å². The van der Waals surface area contributed by atoms with Crippen molar-refractivity contribution in [1.29, 1.82) is 0 Å². The molecule has 0 aliphatic heterocycles. The molecule has 1 spiro atoms. The zero-order chi connectivity index (χ0) is 41.0. The summed E-state index contributed by atoms with van der Waals surface area (Å²) < 4.78 is 0. The predicted octanol–water partition coefficient (Wildman–Crippen LogP) is 16.2. The van der Waals surface area contributed by atoms with E-state index in [2.05, 4.69) is 254 Å². The summed E-state index contributed by atoms with van der Waals surface area (Å²) in [6.07, 6.45) is 0. The Labute approximate surface area is 363 Å². The molecular weight excluding hydrogens is 747 g/mol. The standard InChI is InChI=1S/C61H41N/c1-5-18-42(19-6-1)45-32-36-49(37-33-45)62(58-39-35-47(43-20-7-2-8-21-43)40-53(58)46-24-11-4-12-25-46)59-31-17-30-56-60(59)52-27-14-16-29-55(52)61(56)54-28-15-13-26-50(54)51-38-34-48(41-57(51)61)44-22-9-3-10-23-44/h1-41H. The lowest BCUT2D eigenvalue weighted by Gasteiger charge is -2.33. The first-order valence-electron chi connectivity index (χ1n) is 21.5. The Balaban J connectivity index is 1.15. The molecule has 1 unspecified atom stereocenters. The summed E-state index contributed by atoms with van der Waals surface area (Å²) in [5, 5.41) is 0. The van der Waals surface area contributed by atoms with Crippen LogP contribution in [0.25, 0.3) is 66.8 Å². The van der Waals surface area contributed by atoms with Crippen LogP contribution in [0, 0.1) is 0 Å². The van der Waals surface area contributed by atoms with Crippen LogP contribution in [0.5, 0.6) is 0 Å². The van der Waals surface area contributed by atoms with E-state index in [-0.39, 0.29) is 0 Å². The molecule has 0 radical (unpaired) electrons. The van der Waals surface area contributed by atoms with Crippen LogP contribution in [0.15, 0.2) is 249 Å². The van der Waals surface area contributed by atoms with E-state index >= 15 is 0 Å². The Kier molecular flexibility index (Phi) is 8.47. The largest absolute Gasteiger partial charge is 0.309 e. The molecule has 0 saturated heterocycles. The number of anilines is 3. The Morgan fingerprint density at radius 1 is 0.242 bits per heavy atom. The molecule has 290 valence electrons. The minimum atomic E-state index is -0.513. The first-order chi connectivity index (χ1) is 30.8. The van der Waals surface area contributed by atoms with E-state index in [0.29, 0.717) is 0 Å². The third-order valence-electron chi connectivity index (χ3n) is 13.1. The molecule has 2 aliphatic carbocycles. The molecule has 0 amide bonds. The van der Waals surface area contributed by atoms with E-state index in [9.17, 15) is 0 Å². The monoisotopic (exact) mass is 787 g/mol. The first-order valence-corrected chi connectivity index (χ1v) is 21.5. The van der Waals surface area contributed by atoms with Crippen LogP contribution in [0.2, 0.25) is 0 Å². The molecule has 0 fully saturated rings. The molecule has 1 atom stereocenters. The fourth-order valence-corrected chi connectivity index (χ4v) is 10.4. The molecule has 0 saturated carbocycles. The summed E-state index contributed by atoms with van der Waals surface area (Å²) in [5.74, 6) is 0. The molecule has 2 aliphatic rings. The summed E-state index contributed by atoms with van der Waals surface area (Å²) in [4.78, 5) is 2.52. The maximum Gasteiger partial charge on any atom is 0.0726 e. The molecular formula is C61H41N. The van der Waals surface area contributed by atoms with Gasteiger partial charge in [-0.1, -0.05) is 212 Å². The van der Waals surface area contributed by atoms with Crippen LogP contribution in [0.4, 0.5) is 17.1 Å². The lowest BCUT2D eigenvalue weighted by molar-refractivity contribution is 0.794. The zero-order valence-corrected chi connectivity index (χ0v) is 34.1. The minimum Gasteiger partial charge on any atom is -0.309 e. The third kappa shape index (κ3) is 5.56. The average Bonchev–Trinajstić information content (AvgIpc) is 3.83. The molecule has 12 rings (SSSR count). The van der Waals surface area contributed by atoms with Gasteiger partial charge < -0.3 is 4.90 Å². The lowest BCUT2D eigenvalue weighted by atomic mass is 9.70. The molecule has 62 heavy (non-hydrogen) atoms. The van der Waals surface area contributed by atoms with Crippen LogP contribution in [-0.4, -0.2) is 0 Å². The van der Waals surface area contributed by atoms with E-state index in [4.69, 9.17) is 0 Å². The topological polar surface area (TPSA) is 3.24 Å². The van der Waals surface area contributed by atoms with Crippen LogP contribution in [0.1, 0.15) is 22.3 Å². The van der Waals surface area contributed by atoms with E-state index < -0.39 is 5.41 Å². The van der Waals surface area contributed by atoms with Gasteiger partial charge in [-0.25, -0.2) is 0 Å². The molecule has 0 N–H and O–H groups in total. The fraction of sp³-hybridized carbons (Fsp3) is 0.0164. The van der Waals surface area contributed by atoms with Gasteiger partial charge in [-0.2, -0.15) is 0 Å². The van der Waals surface area contributed by atoms with Crippen molar-refractivity contribution in [3.63, 3.8) is 0 Å². The number of hydrogen-bond donors (Lipinski definition) is 0. The molecule has 0 bridgehead atoms. The van der Waals surface area contributed by atoms with Crippen molar-refractivity contribution in [1.82, 2.24) is 0 Å². The third-order valence-corrected chi connectivity index (χ3v) is 13.1. The van der Waals surface area contributed by atoms with Gasteiger partial charge in [0.2, 0.25) is 0 Å². The normalized spacial score (nSPS) is 14.2. The van der Waals surface area contributed by atoms with Crippen molar-refractivity contribution in [3.8, 4) is 66.8 Å². The van der Waals surface area contributed by atoms with Crippen LogP contribution >= 0.6 is 0 Å². The summed E-state index contributed by atoms with van der Waals surface area (Å²) in [5.41, 5.74) is 22.8. The maximum absolute atomic E-state index is 2.52. The average molecular weight is 788 g/mol. The smallest absolute Gasteiger partial charge is 0.0726 e. The Morgan fingerprint density at radius 3 is 1.34 bits per heavy atom. The number of fused-ring (bicyclic) bond motifs is 10. The van der Waals surface area contributed by atoms with E-state index in [0.717, 1.165) is 17.1 Å². The molecule has 10 aromatic carbocycles. The highest BCUT2D eigenvalue weighted by atomic mass is 15.1. The SMILES string of the molecule is c1ccc(-c2ccc(N(c3ccc(-c4ccccc4)cc3-c3ccccc3)c3cccc4c3-c3ccccc3C43c4ccccc4-c4ccc(-c5ccccc5)cc43)cc2)cc1. The quantitative estimate of drug-likeness (QED) is 0.155. The van der Waals surface area contributed by atoms with Crippen LogP contribution in [0.3, 0.4) is 0 Å². The highest BCUT2D eigenvalue weighted by Crippen LogP contribution is 2.65. The predicted molar refractivity (Wildman–Crippen MR) is 259 cm³/mol. The Morgan fingerprint density at radius 2 is 0.694 bits per heavy atom. The van der Waals surface area contributed by atoms with Crippen molar-refractivity contribution in [3.05, 3.63) is 271 Å². The second-order valence-corrected chi connectivity index (χ2v) is 16.4. The highest BCUT2D eigenvalue weighted by Gasteiger charge is 2.52. The van der Waals surface area contributed by atoms with Crippen molar-refractivity contribution in [2.75, 3.05) is 4.90 Å². The first kappa shape index (κ1) is 35.9. The van der Waals surface area contributed by atoms with Crippen molar-refractivity contribution < 1.29 is 0 Å². The Bertz CT molecular complexity index is 3260. The van der Waals surface area contributed by atoms with E-state index in [1.54, 1.807) is 0 Å². The molecule has 1 heteroatoms. The van der Waals surface area contributed by atoms with Gasteiger partial charge in [0.25, 0.3) is 0 Å². The summed E-state index contributed by atoms with van der Waals surface area (Å²) >= 11 is 0. The van der Waals surface area contributed by atoms with Crippen molar-refractivity contribution in [2.45, 2.75) is 5.41 Å². The van der Waals surface area contributed by atoms with Crippen molar-refractivity contribution in [2.24, 2.45) is 0 Å². The van der Waals surface area contributed by atoms with Gasteiger partial charge in [-0.3, -0.25) is 0 Å². The van der Waals surface area contributed by atoms with Gasteiger partial charge in [0.15, 0.2) is 0 Å². The van der Waals surface area contributed by atoms with Gasteiger partial charge in [0.1, 0.15) is 0 Å². The maximum atomic E-state index is 2.52. The molecule has 0 heterocycles. The van der Waals surface area contributed by atoms with Crippen LogP contribution < -0.4 is 4.90 Å². The lowest BCUT2D eigenvalue weighted by Crippen LogP contribution is -2.26. The van der Waals surface area contributed by atoms with Gasteiger partial charge in [0, 0.05) is 16.8 Å². The van der Waals surface area contributed by atoms with Gasteiger partial charge in [0.05, 0.1) is 16.8 Å². The van der Waals surface area contributed by atoms with Crippen molar-refractivity contribution >= 4 is 17.1 Å². The summed E-state index contributed by atoms with van der Waals surface area (Å²) in [6.45, 7) is 0. The van der Waals surface area contributed by atoms with Gasteiger partial charge in [-0.05, 0) is 114 Å². The second-order valence-electron chi connectivity index (χ2n) is 16.4. The molecule has 0 aromatic heterocycles. The zero-order valence-electron chi connectivity index (χ0n) is 34.1. The summed E-state index contributed by atoms with van der Waals surface area (Å²) in [6, 6.07) is 91.6. The highest BCUT2D eigenvalue weighted by molar-refractivity contribution is 6.03. The summed E-state index contributed by atoms with van der Waals surface area (Å²) in [7, 11) is 0. The minimum absolute atomic E-state index is 0.513. The number of benzene rings is 10.